The zero-order valence-corrected chi connectivity index (χ0v) is 9.26. The Morgan fingerprint density at radius 3 is 3.27 bits per heavy atom. The Kier molecular flexibility index (Phi) is 2.77. The molecule has 0 aromatic carbocycles. The Morgan fingerprint density at radius 1 is 1.73 bits per heavy atom. The Labute approximate surface area is 91.6 Å². The number of aromatic nitrogens is 1. The summed E-state index contributed by atoms with van der Waals surface area (Å²) in [6.07, 6.45) is 2.20. The van der Waals surface area contributed by atoms with Crippen molar-refractivity contribution in [3.8, 4) is 0 Å². The van der Waals surface area contributed by atoms with Gasteiger partial charge in [-0.3, -0.25) is 0 Å². The standard InChI is InChI=1S/C9H13N3O2S/c1-14-9(13)11-5-2-3-6-7(4-5)15-8(10)12-6/h5H,2-4H2,1H3,(H2,10,12)(H,11,13). The lowest BCUT2D eigenvalue weighted by molar-refractivity contribution is 0.165. The van der Waals surface area contributed by atoms with Crippen molar-refractivity contribution in [1.29, 1.82) is 0 Å². The third-order valence-corrected chi connectivity index (χ3v) is 3.41. The molecule has 1 unspecified atom stereocenters. The maximum absolute atomic E-state index is 11.0. The van der Waals surface area contributed by atoms with Gasteiger partial charge in [0, 0.05) is 17.3 Å². The van der Waals surface area contributed by atoms with Gasteiger partial charge < -0.3 is 15.8 Å². The minimum absolute atomic E-state index is 0.143. The van der Waals surface area contributed by atoms with Gasteiger partial charge in [0.15, 0.2) is 5.13 Å². The van der Waals surface area contributed by atoms with Crippen LogP contribution in [0.1, 0.15) is 17.0 Å². The lowest BCUT2D eigenvalue weighted by Crippen LogP contribution is -2.38. The average Bonchev–Trinajstić information content (AvgIpc) is 2.57. The monoisotopic (exact) mass is 227 g/mol. The Morgan fingerprint density at radius 2 is 2.53 bits per heavy atom. The molecule has 0 saturated heterocycles. The number of hydrogen-bond acceptors (Lipinski definition) is 5. The van der Waals surface area contributed by atoms with Gasteiger partial charge in [0.05, 0.1) is 12.8 Å². The van der Waals surface area contributed by atoms with E-state index in [1.54, 1.807) is 0 Å². The summed E-state index contributed by atoms with van der Waals surface area (Å²) in [6, 6.07) is 0.143. The van der Waals surface area contributed by atoms with E-state index < -0.39 is 0 Å². The molecule has 1 heterocycles. The smallest absolute Gasteiger partial charge is 0.407 e. The molecule has 6 heteroatoms. The highest BCUT2D eigenvalue weighted by Gasteiger charge is 2.23. The summed E-state index contributed by atoms with van der Waals surface area (Å²) >= 11 is 1.50. The van der Waals surface area contributed by atoms with Crippen LogP contribution in [0, 0.1) is 0 Å². The first-order valence-corrected chi connectivity index (χ1v) is 5.59. The number of carbonyl (C=O) groups excluding carboxylic acids is 1. The lowest BCUT2D eigenvalue weighted by atomic mass is 9.98. The molecule has 0 saturated carbocycles. The topological polar surface area (TPSA) is 77.2 Å². The van der Waals surface area contributed by atoms with E-state index >= 15 is 0 Å². The van der Waals surface area contributed by atoms with Crippen LogP contribution in [0.2, 0.25) is 0 Å². The number of rotatable bonds is 1. The zero-order chi connectivity index (χ0) is 10.8. The number of ether oxygens (including phenoxy) is 1. The summed E-state index contributed by atoms with van der Waals surface area (Å²) in [4.78, 5) is 16.4. The van der Waals surface area contributed by atoms with Gasteiger partial charge in [0.2, 0.25) is 0 Å². The molecule has 3 N–H and O–H groups in total. The van der Waals surface area contributed by atoms with Crippen LogP contribution in [0.25, 0.3) is 0 Å². The van der Waals surface area contributed by atoms with Crippen LogP contribution in [-0.4, -0.2) is 24.2 Å². The summed E-state index contributed by atoms with van der Waals surface area (Å²) < 4.78 is 4.56. The minimum Gasteiger partial charge on any atom is -0.453 e. The minimum atomic E-state index is -0.374. The van der Waals surface area contributed by atoms with E-state index in [0.717, 1.165) is 25.0 Å². The Balaban J connectivity index is 2.02. The molecule has 1 aromatic rings. The second kappa shape index (κ2) is 4.06. The Bertz CT molecular complexity index is 377. The van der Waals surface area contributed by atoms with E-state index in [1.807, 2.05) is 0 Å². The summed E-state index contributed by atoms with van der Waals surface area (Å²) in [5.41, 5.74) is 6.71. The van der Waals surface area contributed by atoms with Crippen molar-refractivity contribution in [3.05, 3.63) is 10.6 Å². The first kappa shape index (κ1) is 10.2. The molecule has 2 rings (SSSR count). The number of hydrogen-bond donors (Lipinski definition) is 2. The summed E-state index contributed by atoms with van der Waals surface area (Å²) in [5, 5.41) is 3.41. The molecule has 1 atom stereocenters. The molecular formula is C9H13N3O2S. The zero-order valence-electron chi connectivity index (χ0n) is 8.45. The number of carbonyl (C=O) groups is 1. The number of methoxy groups -OCH3 is 1. The van der Waals surface area contributed by atoms with Crippen molar-refractivity contribution in [3.63, 3.8) is 0 Å². The van der Waals surface area contributed by atoms with Crippen LogP contribution in [0.5, 0.6) is 0 Å². The highest BCUT2D eigenvalue weighted by molar-refractivity contribution is 7.15. The second-order valence-electron chi connectivity index (χ2n) is 3.50. The normalized spacial score (nSPS) is 19.4. The third kappa shape index (κ3) is 2.20. The van der Waals surface area contributed by atoms with E-state index in [2.05, 4.69) is 15.0 Å². The average molecular weight is 227 g/mol. The fourth-order valence-corrected chi connectivity index (χ4v) is 2.70. The molecule has 0 radical (unpaired) electrons. The van der Waals surface area contributed by atoms with Crippen LogP contribution < -0.4 is 11.1 Å². The van der Waals surface area contributed by atoms with Crippen LogP contribution in [0.3, 0.4) is 0 Å². The number of fused-ring (bicyclic) bond motifs is 1. The number of aryl methyl sites for hydroxylation is 1. The maximum Gasteiger partial charge on any atom is 0.407 e. The van der Waals surface area contributed by atoms with Crippen molar-refractivity contribution in [2.75, 3.05) is 12.8 Å². The van der Waals surface area contributed by atoms with Crippen LogP contribution in [-0.2, 0) is 17.6 Å². The molecule has 0 aliphatic heterocycles. The number of nitrogen functional groups attached to an aromatic ring is 1. The number of nitrogens with one attached hydrogen (secondary N) is 1. The van der Waals surface area contributed by atoms with Gasteiger partial charge in [0.1, 0.15) is 0 Å². The second-order valence-corrected chi connectivity index (χ2v) is 4.61. The summed E-state index contributed by atoms with van der Waals surface area (Å²) in [5.74, 6) is 0. The molecule has 1 aliphatic rings. The highest BCUT2D eigenvalue weighted by atomic mass is 32.1. The molecule has 5 nitrogen and oxygen atoms in total. The molecule has 0 fully saturated rings. The van der Waals surface area contributed by atoms with E-state index in [9.17, 15) is 4.79 Å². The number of alkyl carbamates (subject to hydrolysis) is 1. The van der Waals surface area contributed by atoms with Crippen LogP contribution in [0.4, 0.5) is 9.93 Å². The van der Waals surface area contributed by atoms with E-state index in [4.69, 9.17) is 5.73 Å². The quantitative estimate of drug-likeness (QED) is 0.748. The molecular weight excluding hydrogens is 214 g/mol. The third-order valence-electron chi connectivity index (χ3n) is 2.46. The summed E-state index contributed by atoms with van der Waals surface area (Å²) in [6.45, 7) is 0. The van der Waals surface area contributed by atoms with E-state index in [0.29, 0.717) is 5.13 Å². The molecule has 0 bridgehead atoms. The molecule has 0 spiro atoms. The fraction of sp³-hybridized carbons (Fsp3) is 0.556. The first-order valence-electron chi connectivity index (χ1n) is 4.77. The molecule has 1 aromatic heterocycles. The van der Waals surface area contributed by atoms with Crippen molar-refractivity contribution >= 4 is 22.6 Å². The molecule has 15 heavy (non-hydrogen) atoms. The van der Waals surface area contributed by atoms with E-state index in [-0.39, 0.29) is 12.1 Å². The summed E-state index contributed by atoms with van der Waals surface area (Å²) in [7, 11) is 1.37. The van der Waals surface area contributed by atoms with Gasteiger partial charge in [-0.15, -0.1) is 11.3 Å². The van der Waals surface area contributed by atoms with Gasteiger partial charge in [-0.2, -0.15) is 0 Å². The van der Waals surface area contributed by atoms with Gasteiger partial charge >= 0.3 is 6.09 Å². The number of thiazole rings is 1. The van der Waals surface area contributed by atoms with E-state index in [1.165, 1.54) is 23.3 Å². The fourth-order valence-electron chi connectivity index (χ4n) is 1.74. The van der Waals surface area contributed by atoms with Crippen molar-refractivity contribution in [2.45, 2.75) is 25.3 Å². The predicted molar refractivity (Wildman–Crippen MR) is 57.9 cm³/mol. The number of anilines is 1. The van der Waals surface area contributed by atoms with Crippen molar-refractivity contribution in [1.82, 2.24) is 10.3 Å². The van der Waals surface area contributed by atoms with Gasteiger partial charge in [-0.1, -0.05) is 0 Å². The number of nitrogens with zero attached hydrogens (tertiary/aromatic N) is 1. The first-order chi connectivity index (χ1) is 7.19. The van der Waals surface area contributed by atoms with Gasteiger partial charge in [-0.25, -0.2) is 9.78 Å². The van der Waals surface area contributed by atoms with Crippen LogP contribution in [0.15, 0.2) is 0 Å². The number of amides is 1. The number of nitrogens with two attached hydrogens (primary N) is 1. The SMILES string of the molecule is COC(=O)NC1CCc2nc(N)sc2C1. The lowest BCUT2D eigenvalue weighted by Gasteiger charge is -2.21. The highest BCUT2D eigenvalue weighted by Crippen LogP contribution is 2.27. The predicted octanol–water partition coefficient (Wildman–Crippen LogP) is 0.939. The molecule has 1 amide bonds. The Hall–Kier alpha value is -1.30. The van der Waals surface area contributed by atoms with Gasteiger partial charge in [-0.05, 0) is 12.8 Å². The van der Waals surface area contributed by atoms with Crippen molar-refractivity contribution < 1.29 is 9.53 Å². The van der Waals surface area contributed by atoms with Crippen molar-refractivity contribution in [2.24, 2.45) is 0 Å². The maximum atomic E-state index is 11.0. The van der Waals surface area contributed by atoms with Gasteiger partial charge in [0.25, 0.3) is 0 Å². The van der Waals surface area contributed by atoms with Crippen LogP contribution >= 0.6 is 11.3 Å². The molecule has 82 valence electrons. The molecule has 1 aliphatic carbocycles. The largest absolute Gasteiger partial charge is 0.453 e.